The molecule has 0 saturated heterocycles. The standard InChI is InChI=1S/C30H28O4/c31-30(32)20-33-28-17-16-25(34-29-15-6-5-14-27(29)22-9-1-2-10-22)19-24(28)18-23-12-7-11-21-8-3-4-13-26(21)23/h3-8,11-17,19,22H,1-2,9-10,18,20H2,(H,31,32). The van der Waals surface area contributed by atoms with Crippen molar-refractivity contribution in [3.05, 3.63) is 102 Å². The smallest absolute Gasteiger partial charge is 0.341 e. The Labute approximate surface area is 199 Å². The van der Waals surface area contributed by atoms with Crippen LogP contribution in [0.3, 0.4) is 0 Å². The summed E-state index contributed by atoms with van der Waals surface area (Å²) in [6.45, 7) is -0.382. The Balaban J connectivity index is 1.48. The lowest BCUT2D eigenvalue weighted by Crippen LogP contribution is -2.10. The molecule has 0 radical (unpaired) electrons. The molecule has 0 unspecified atom stereocenters. The number of carboxylic acid groups (broad SMARTS) is 1. The minimum Gasteiger partial charge on any atom is -0.482 e. The Bertz CT molecular complexity index is 1300. The van der Waals surface area contributed by atoms with Crippen LogP contribution in [0.2, 0.25) is 0 Å². The van der Waals surface area contributed by atoms with Crippen molar-refractivity contribution in [3.63, 3.8) is 0 Å². The SMILES string of the molecule is O=C(O)COc1ccc(Oc2ccccc2C2CCCC2)cc1Cc1cccc2ccccc12. The number of aliphatic carboxylic acids is 1. The lowest BCUT2D eigenvalue weighted by atomic mass is 9.96. The first-order valence-corrected chi connectivity index (χ1v) is 11.9. The number of benzene rings is 4. The van der Waals surface area contributed by atoms with Crippen LogP contribution in [0.5, 0.6) is 17.2 Å². The predicted octanol–water partition coefficient (Wildman–Crippen LogP) is 7.34. The zero-order valence-corrected chi connectivity index (χ0v) is 19.1. The summed E-state index contributed by atoms with van der Waals surface area (Å²) in [6, 6.07) is 28.5. The number of hydrogen-bond acceptors (Lipinski definition) is 3. The second kappa shape index (κ2) is 10.0. The maximum absolute atomic E-state index is 11.1. The molecule has 4 aromatic carbocycles. The average Bonchev–Trinajstić information content (AvgIpc) is 3.39. The Morgan fingerprint density at radius 2 is 1.59 bits per heavy atom. The van der Waals surface area contributed by atoms with Gasteiger partial charge >= 0.3 is 5.97 Å². The van der Waals surface area contributed by atoms with Crippen molar-refractivity contribution in [3.8, 4) is 17.2 Å². The molecule has 4 aromatic rings. The molecule has 1 aliphatic carbocycles. The Kier molecular flexibility index (Phi) is 6.48. The summed E-state index contributed by atoms with van der Waals surface area (Å²) in [4.78, 5) is 11.1. The van der Waals surface area contributed by atoms with E-state index in [9.17, 15) is 4.79 Å². The molecule has 34 heavy (non-hydrogen) atoms. The number of ether oxygens (including phenoxy) is 2. The highest BCUT2D eigenvalue weighted by Crippen LogP contribution is 2.40. The van der Waals surface area contributed by atoms with Crippen LogP contribution in [0, 0.1) is 0 Å². The maximum atomic E-state index is 11.1. The quantitative estimate of drug-likeness (QED) is 0.304. The number of carbonyl (C=O) groups is 1. The van der Waals surface area contributed by atoms with Crippen molar-refractivity contribution < 1.29 is 19.4 Å². The van der Waals surface area contributed by atoms with Gasteiger partial charge in [-0.1, -0.05) is 73.5 Å². The van der Waals surface area contributed by atoms with Gasteiger partial charge in [-0.25, -0.2) is 4.79 Å². The molecule has 0 aromatic heterocycles. The molecular formula is C30H28O4. The van der Waals surface area contributed by atoms with Gasteiger partial charge < -0.3 is 14.6 Å². The second-order valence-corrected chi connectivity index (χ2v) is 8.89. The molecule has 0 spiro atoms. The van der Waals surface area contributed by atoms with Gasteiger partial charge in [0.05, 0.1) is 0 Å². The number of para-hydroxylation sites is 1. The number of carboxylic acids is 1. The van der Waals surface area contributed by atoms with E-state index in [4.69, 9.17) is 14.6 Å². The lowest BCUT2D eigenvalue weighted by Gasteiger charge is -2.17. The van der Waals surface area contributed by atoms with E-state index in [1.165, 1.54) is 42.0 Å². The van der Waals surface area contributed by atoms with Crippen LogP contribution < -0.4 is 9.47 Å². The lowest BCUT2D eigenvalue weighted by molar-refractivity contribution is -0.139. The van der Waals surface area contributed by atoms with Crippen LogP contribution in [0.4, 0.5) is 0 Å². The van der Waals surface area contributed by atoms with Gasteiger partial charge in [0, 0.05) is 12.0 Å². The van der Waals surface area contributed by atoms with Gasteiger partial charge in [0.15, 0.2) is 6.61 Å². The largest absolute Gasteiger partial charge is 0.482 e. The second-order valence-electron chi connectivity index (χ2n) is 8.89. The summed E-state index contributed by atoms with van der Waals surface area (Å²) in [5.74, 6) is 1.73. The van der Waals surface area contributed by atoms with Crippen molar-refractivity contribution in [2.75, 3.05) is 6.61 Å². The van der Waals surface area contributed by atoms with Gasteiger partial charge in [-0.05, 0) is 64.9 Å². The van der Waals surface area contributed by atoms with Crippen LogP contribution >= 0.6 is 0 Å². The van der Waals surface area contributed by atoms with E-state index < -0.39 is 5.97 Å². The number of fused-ring (bicyclic) bond motifs is 1. The first kappa shape index (κ1) is 22.0. The molecule has 1 fully saturated rings. The molecular weight excluding hydrogens is 424 g/mol. The third-order valence-electron chi connectivity index (χ3n) is 6.59. The van der Waals surface area contributed by atoms with Gasteiger partial charge in [-0.3, -0.25) is 0 Å². The molecule has 0 heterocycles. The third kappa shape index (κ3) is 4.91. The molecule has 1 aliphatic rings. The van der Waals surface area contributed by atoms with Crippen LogP contribution in [-0.2, 0) is 11.2 Å². The fourth-order valence-corrected chi connectivity index (χ4v) is 4.96. The molecule has 0 atom stereocenters. The summed E-state index contributed by atoms with van der Waals surface area (Å²) in [7, 11) is 0. The minimum absolute atomic E-state index is 0.382. The van der Waals surface area contributed by atoms with Gasteiger partial charge in [0.1, 0.15) is 17.2 Å². The van der Waals surface area contributed by atoms with E-state index in [-0.39, 0.29) is 6.61 Å². The fraction of sp³-hybridized carbons (Fsp3) is 0.233. The van der Waals surface area contributed by atoms with Crippen molar-refractivity contribution >= 4 is 16.7 Å². The summed E-state index contributed by atoms with van der Waals surface area (Å²) in [5.41, 5.74) is 3.32. The molecule has 0 amide bonds. The fourth-order valence-electron chi connectivity index (χ4n) is 4.96. The Hall–Kier alpha value is -3.79. The monoisotopic (exact) mass is 452 g/mol. The highest BCUT2D eigenvalue weighted by atomic mass is 16.5. The average molecular weight is 453 g/mol. The molecule has 172 valence electrons. The highest BCUT2D eigenvalue weighted by molar-refractivity contribution is 5.86. The first-order valence-electron chi connectivity index (χ1n) is 11.9. The molecule has 1 N–H and O–H groups in total. The van der Waals surface area contributed by atoms with E-state index in [1.54, 1.807) is 0 Å². The first-order chi connectivity index (χ1) is 16.7. The van der Waals surface area contributed by atoms with E-state index >= 15 is 0 Å². The molecule has 5 rings (SSSR count). The van der Waals surface area contributed by atoms with E-state index in [2.05, 4.69) is 36.4 Å². The third-order valence-corrected chi connectivity index (χ3v) is 6.59. The minimum atomic E-state index is -0.998. The Morgan fingerprint density at radius 1 is 0.824 bits per heavy atom. The molecule has 0 aliphatic heterocycles. The number of hydrogen-bond donors (Lipinski definition) is 1. The van der Waals surface area contributed by atoms with Crippen LogP contribution in [0.1, 0.15) is 48.3 Å². The van der Waals surface area contributed by atoms with E-state index in [1.807, 2.05) is 48.5 Å². The molecule has 0 bridgehead atoms. The topological polar surface area (TPSA) is 55.8 Å². The summed E-state index contributed by atoms with van der Waals surface area (Å²) >= 11 is 0. The predicted molar refractivity (Wildman–Crippen MR) is 134 cm³/mol. The van der Waals surface area contributed by atoms with Gasteiger partial charge in [0.2, 0.25) is 0 Å². The Morgan fingerprint density at radius 3 is 2.44 bits per heavy atom. The molecule has 1 saturated carbocycles. The zero-order valence-electron chi connectivity index (χ0n) is 19.1. The molecule has 4 nitrogen and oxygen atoms in total. The van der Waals surface area contributed by atoms with Crippen LogP contribution in [-0.4, -0.2) is 17.7 Å². The zero-order chi connectivity index (χ0) is 23.3. The van der Waals surface area contributed by atoms with Gasteiger partial charge in [0.25, 0.3) is 0 Å². The summed E-state index contributed by atoms with van der Waals surface area (Å²) in [6.07, 6.45) is 5.55. The van der Waals surface area contributed by atoms with Crippen LogP contribution in [0.15, 0.2) is 84.9 Å². The summed E-state index contributed by atoms with van der Waals surface area (Å²) < 4.78 is 12.0. The van der Waals surface area contributed by atoms with Crippen molar-refractivity contribution in [2.45, 2.75) is 38.0 Å². The van der Waals surface area contributed by atoms with E-state index in [0.717, 1.165) is 22.6 Å². The van der Waals surface area contributed by atoms with Gasteiger partial charge in [-0.15, -0.1) is 0 Å². The normalized spacial score (nSPS) is 13.8. The highest BCUT2D eigenvalue weighted by Gasteiger charge is 2.21. The summed E-state index contributed by atoms with van der Waals surface area (Å²) in [5, 5.41) is 11.5. The maximum Gasteiger partial charge on any atom is 0.341 e. The number of rotatable bonds is 8. The molecule has 4 heteroatoms. The van der Waals surface area contributed by atoms with Crippen molar-refractivity contribution in [1.29, 1.82) is 0 Å². The van der Waals surface area contributed by atoms with Crippen molar-refractivity contribution in [1.82, 2.24) is 0 Å². The van der Waals surface area contributed by atoms with Crippen molar-refractivity contribution in [2.24, 2.45) is 0 Å². The van der Waals surface area contributed by atoms with E-state index in [0.29, 0.717) is 18.1 Å². The van der Waals surface area contributed by atoms with Gasteiger partial charge in [-0.2, -0.15) is 0 Å². The van der Waals surface area contributed by atoms with Crippen LogP contribution in [0.25, 0.3) is 10.8 Å².